The fourth-order valence-electron chi connectivity index (χ4n) is 2.11. The van der Waals surface area contributed by atoms with E-state index in [1.807, 2.05) is 29.2 Å². The number of carbonyl (C=O) groups is 1. The molecule has 0 bridgehead atoms. The monoisotopic (exact) mass is 302 g/mol. The minimum Gasteiger partial charge on any atom is -0.332 e. The van der Waals surface area contributed by atoms with Crippen molar-refractivity contribution in [1.82, 2.24) is 10.2 Å². The molecule has 0 aliphatic heterocycles. The zero-order valence-electron chi connectivity index (χ0n) is 12.4. The Morgan fingerprint density at radius 2 is 1.95 bits per heavy atom. The molecule has 1 heterocycles. The smallest absolute Gasteiger partial charge is 0.237 e. The number of benzene rings is 1. The van der Waals surface area contributed by atoms with Gasteiger partial charge in [-0.1, -0.05) is 43.3 Å². The summed E-state index contributed by atoms with van der Waals surface area (Å²) in [6.07, 6.45) is 1.04. The van der Waals surface area contributed by atoms with Crippen molar-refractivity contribution in [3.63, 3.8) is 0 Å². The number of nitrogens with one attached hydrogen (secondary N) is 1. The third kappa shape index (κ3) is 5.33. The number of nitrogens with zero attached hydrogens (tertiary/aromatic N) is 1. The van der Waals surface area contributed by atoms with E-state index in [1.54, 1.807) is 11.3 Å². The lowest BCUT2D eigenvalue weighted by molar-refractivity contribution is -0.131. The number of rotatable bonds is 8. The minimum absolute atomic E-state index is 0.153. The van der Waals surface area contributed by atoms with Gasteiger partial charge in [0.25, 0.3) is 0 Å². The first-order valence-corrected chi connectivity index (χ1v) is 8.22. The molecule has 21 heavy (non-hydrogen) atoms. The van der Waals surface area contributed by atoms with Crippen LogP contribution in [0.4, 0.5) is 0 Å². The number of carbonyl (C=O) groups excluding carboxylic acids is 1. The Morgan fingerprint density at radius 3 is 2.62 bits per heavy atom. The number of hydrogen-bond donors (Lipinski definition) is 1. The fraction of sp³-hybridized carbons (Fsp3) is 0.353. The van der Waals surface area contributed by atoms with Gasteiger partial charge in [-0.15, -0.1) is 11.3 Å². The normalized spacial score (nSPS) is 10.5. The summed E-state index contributed by atoms with van der Waals surface area (Å²) in [6.45, 7) is 4.73. The predicted octanol–water partition coefficient (Wildman–Crippen LogP) is 3.28. The van der Waals surface area contributed by atoms with Crippen LogP contribution in [0.2, 0.25) is 0 Å². The maximum absolute atomic E-state index is 12.4. The molecular formula is C17H22N2OS. The Kier molecular flexibility index (Phi) is 6.44. The highest BCUT2D eigenvalue weighted by atomic mass is 32.1. The lowest BCUT2D eigenvalue weighted by Gasteiger charge is -2.22. The third-order valence-corrected chi connectivity index (χ3v) is 4.06. The second kappa shape index (κ2) is 8.60. The zero-order chi connectivity index (χ0) is 14.9. The lowest BCUT2D eigenvalue weighted by Crippen LogP contribution is -2.37. The molecule has 0 aliphatic carbocycles. The highest BCUT2D eigenvalue weighted by Crippen LogP contribution is 2.14. The first-order valence-electron chi connectivity index (χ1n) is 7.34. The SMILES string of the molecule is CCCNCC(=O)N(Cc1ccccc1)Cc1cccs1. The van der Waals surface area contributed by atoms with Gasteiger partial charge < -0.3 is 10.2 Å². The van der Waals surface area contributed by atoms with Crippen LogP contribution in [0.1, 0.15) is 23.8 Å². The van der Waals surface area contributed by atoms with Gasteiger partial charge in [0.2, 0.25) is 5.91 Å². The van der Waals surface area contributed by atoms with Gasteiger partial charge in [-0.3, -0.25) is 4.79 Å². The molecule has 0 radical (unpaired) electrons. The molecule has 0 fully saturated rings. The third-order valence-electron chi connectivity index (χ3n) is 3.20. The molecule has 1 amide bonds. The molecule has 0 atom stereocenters. The summed E-state index contributed by atoms with van der Waals surface area (Å²) in [5.74, 6) is 0.153. The molecule has 2 aromatic rings. The summed E-state index contributed by atoms with van der Waals surface area (Å²) in [6, 6.07) is 14.3. The van der Waals surface area contributed by atoms with Crippen molar-refractivity contribution >= 4 is 17.2 Å². The Morgan fingerprint density at radius 1 is 1.14 bits per heavy atom. The fourth-order valence-corrected chi connectivity index (χ4v) is 2.83. The summed E-state index contributed by atoms with van der Waals surface area (Å²) in [4.78, 5) is 15.6. The van der Waals surface area contributed by atoms with Gasteiger partial charge in [0, 0.05) is 11.4 Å². The van der Waals surface area contributed by atoms with Crippen LogP contribution in [0.25, 0.3) is 0 Å². The van der Waals surface area contributed by atoms with Crippen molar-refractivity contribution in [3.05, 3.63) is 58.3 Å². The predicted molar refractivity (Wildman–Crippen MR) is 88.2 cm³/mol. The van der Waals surface area contributed by atoms with E-state index in [0.29, 0.717) is 19.6 Å². The molecule has 1 aromatic carbocycles. The molecule has 112 valence electrons. The standard InChI is InChI=1S/C17H22N2OS/c1-2-10-18-12-17(20)19(14-16-9-6-11-21-16)13-15-7-4-3-5-8-15/h3-9,11,18H,2,10,12-14H2,1H3. The maximum atomic E-state index is 12.4. The molecule has 1 aromatic heterocycles. The largest absolute Gasteiger partial charge is 0.332 e. The van der Waals surface area contributed by atoms with E-state index in [1.165, 1.54) is 4.88 Å². The van der Waals surface area contributed by atoms with E-state index >= 15 is 0 Å². The molecule has 0 unspecified atom stereocenters. The van der Waals surface area contributed by atoms with Crippen LogP contribution in [0, 0.1) is 0 Å². The Labute approximate surface area is 130 Å². The van der Waals surface area contributed by atoms with Gasteiger partial charge in [-0.05, 0) is 30.0 Å². The summed E-state index contributed by atoms with van der Waals surface area (Å²) < 4.78 is 0. The number of amides is 1. The van der Waals surface area contributed by atoms with Crippen LogP contribution >= 0.6 is 11.3 Å². The molecule has 0 spiro atoms. The van der Waals surface area contributed by atoms with E-state index < -0.39 is 0 Å². The highest BCUT2D eigenvalue weighted by Gasteiger charge is 2.14. The van der Waals surface area contributed by atoms with Crippen LogP contribution < -0.4 is 5.32 Å². The van der Waals surface area contributed by atoms with Gasteiger partial charge in [0.1, 0.15) is 0 Å². The molecule has 3 nitrogen and oxygen atoms in total. The summed E-state index contributed by atoms with van der Waals surface area (Å²) in [5.41, 5.74) is 1.16. The van der Waals surface area contributed by atoms with Gasteiger partial charge in [-0.2, -0.15) is 0 Å². The first-order chi connectivity index (χ1) is 10.3. The molecule has 1 N–H and O–H groups in total. The second-order valence-corrected chi connectivity index (χ2v) is 6.02. The molecule has 0 aliphatic rings. The average Bonchev–Trinajstić information content (AvgIpc) is 3.01. The van der Waals surface area contributed by atoms with Crippen LogP contribution in [0.15, 0.2) is 47.8 Å². The maximum Gasteiger partial charge on any atom is 0.237 e. The van der Waals surface area contributed by atoms with Crippen molar-refractivity contribution in [2.75, 3.05) is 13.1 Å². The van der Waals surface area contributed by atoms with Crippen molar-refractivity contribution in [2.24, 2.45) is 0 Å². The van der Waals surface area contributed by atoms with Gasteiger partial charge in [-0.25, -0.2) is 0 Å². The first kappa shape index (κ1) is 15.7. The van der Waals surface area contributed by atoms with Crippen LogP contribution in [0.3, 0.4) is 0 Å². The van der Waals surface area contributed by atoms with E-state index in [-0.39, 0.29) is 5.91 Å². The summed E-state index contributed by atoms with van der Waals surface area (Å²) in [5, 5.41) is 5.24. The van der Waals surface area contributed by atoms with E-state index in [2.05, 4.69) is 35.8 Å². The van der Waals surface area contributed by atoms with Crippen molar-refractivity contribution in [3.8, 4) is 0 Å². The Hall–Kier alpha value is -1.65. The lowest BCUT2D eigenvalue weighted by atomic mass is 10.2. The molecule has 0 saturated heterocycles. The topological polar surface area (TPSA) is 32.3 Å². The average molecular weight is 302 g/mol. The zero-order valence-corrected chi connectivity index (χ0v) is 13.2. The van der Waals surface area contributed by atoms with Gasteiger partial charge in [0.05, 0.1) is 13.1 Å². The van der Waals surface area contributed by atoms with E-state index in [9.17, 15) is 4.79 Å². The van der Waals surface area contributed by atoms with Crippen molar-refractivity contribution < 1.29 is 4.79 Å². The highest BCUT2D eigenvalue weighted by molar-refractivity contribution is 7.09. The summed E-state index contributed by atoms with van der Waals surface area (Å²) in [7, 11) is 0. The van der Waals surface area contributed by atoms with Crippen molar-refractivity contribution in [2.45, 2.75) is 26.4 Å². The molecular weight excluding hydrogens is 280 g/mol. The van der Waals surface area contributed by atoms with Crippen LogP contribution in [0.5, 0.6) is 0 Å². The van der Waals surface area contributed by atoms with Gasteiger partial charge >= 0.3 is 0 Å². The summed E-state index contributed by atoms with van der Waals surface area (Å²) >= 11 is 1.69. The number of hydrogen-bond acceptors (Lipinski definition) is 3. The molecule has 0 saturated carbocycles. The Bertz CT molecular complexity index is 525. The van der Waals surface area contributed by atoms with E-state index in [4.69, 9.17) is 0 Å². The number of thiophene rings is 1. The van der Waals surface area contributed by atoms with Crippen molar-refractivity contribution in [1.29, 1.82) is 0 Å². The molecule has 2 rings (SSSR count). The quantitative estimate of drug-likeness (QED) is 0.759. The van der Waals surface area contributed by atoms with Crippen LogP contribution in [-0.2, 0) is 17.9 Å². The minimum atomic E-state index is 0.153. The van der Waals surface area contributed by atoms with Crippen LogP contribution in [-0.4, -0.2) is 23.9 Å². The van der Waals surface area contributed by atoms with Gasteiger partial charge in [0.15, 0.2) is 0 Å². The second-order valence-electron chi connectivity index (χ2n) is 4.99. The van der Waals surface area contributed by atoms with E-state index in [0.717, 1.165) is 18.5 Å². The molecule has 4 heteroatoms. The Balaban J connectivity index is 2.00.